The highest BCUT2D eigenvalue weighted by Crippen LogP contribution is 2.26. The molecule has 0 bridgehead atoms. The summed E-state index contributed by atoms with van der Waals surface area (Å²) in [6.07, 6.45) is 10.4. The lowest BCUT2D eigenvalue weighted by molar-refractivity contribution is 0.0992. The maximum Gasteiger partial charge on any atom is 0.170 e. The number of Topliss-reactive ketones (excluding diaryl/α,β-unsaturated/α-hetero) is 1. The van der Waals surface area contributed by atoms with E-state index in [0.29, 0.717) is 12.0 Å². The van der Waals surface area contributed by atoms with E-state index in [1.165, 1.54) is 12.0 Å². The highest BCUT2D eigenvalue weighted by molar-refractivity contribution is 5.97. The molecular weight excluding hydrogens is 462 g/mol. The molecule has 3 aromatic heterocycles. The summed E-state index contributed by atoms with van der Waals surface area (Å²) in [5, 5.41) is 0. The van der Waals surface area contributed by atoms with Crippen LogP contribution in [0.3, 0.4) is 0 Å². The standard InChI is InChI=1S/C29H25N7O/c37-28(24-17-31-20-32-18-24)15-21-1-3-22(4-2-21)23-5-6-26-27(16-23)34-29(19-33-26)36-13-11-35(12-14-36)25-7-9-30-10-8-25/h1-10,16-20H,11-15H2. The van der Waals surface area contributed by atoms with Crippen LogP contribution < -0.4 is 9.80 Å². The number of ketones is 1. The molecule has 1 saturated heterocycles. The Bertz CT molecular complexity index is 1520. The average molecular weight is 488 g/mol. The van der Waals surface area contributed by atoms with Gasteiger partial charge in [-0.3, -0.25) is 14.8 Å². The molecule has 1 fully saturated rings. The normalized spacial score (nSPS) is 13.6. The van der Waals surface area contributed by atoms with Gasteiger partial charge in [-0.05, 0) is 41.0 Å². The first-order chi connectivity index (χ1) is 18.2. The molecule has 6 rings (SSSR count). The van der Waals surface area contributed by atoms with E-state index in [-0.39, 0.29) is 5.78 Å². The van der Waals surface area contributed by atoms with Crippen molar-refractivity contribution in [3.63, 3.8) is 0 Å². The van der Waals surface area contributed by atoms with E-state index in [0.717, 1.165) is 59.7 Å². The highest BCUT2D eigenvalue weighted by Gasteiger charge is 2.19. The van der Waals surface area contributed by atoms with Gasteiger partial charge in [0.05, 0.1) is 22.8 Å². The van der Waals surface area contributed by atoms with Crippen molar-refractivity contribution in [3.05, 3.63) is 103 Å². The van der Waals surface area contributed by atoms with Crippen molar-refractivity contribution in [2.24, 2.45) is 0 Å². The molecule has 0 aliphatic carbocycles. The second-order valence-corrected chi connectivity index (χ2v) is 9.04. The minimum atomic E-state index is 0.00321. The van der Waals surface area contributed by atoms with Gasteiger partial charge >= 0.3 is 0 Å². The van der Waals surface area contributed by atoms with Gasteiger partial charge in [-0.15, -0.1) is 0 Å². The first-order valence-electron chi connectivity index (χ1n) is 12.3. The quantitative estimate of drug-likeness (QED) is 0.329. The monoisotopic (exact) mass is 487 g/mol. The molecule has 5 aromatic rings. The zero-order valence-corrected chi connectivity index (χ0v) is 20.2. The zero-order valence-electron chi connectivity index (χ0n) is 20.2. The van der Waals surface area contributed by atoms with Gasteiger partial charge < -0.3 is 9.80 Å². The summed E-state index contributed by atoms with van der Waals surface area (Å²) in [6.45, 7) is 3.63. The van der Waals surface area contributed by atoms with Crippen LogP contribution >= 0.6 is 0 Å². The SMILES string of the molecule is O=C(Cc1ccc(-c2ccc3ncc(N4CCN(c5ccncc5)CC4)nc3c2)cc1)c1cncnc1. The van der Waals surface area contributed by atoms with Gasteiger partial charge in [-0.1, -0.05) is 30.3 Å². The molecule has 4 heterocycles. The fourth-order valence-electron chi connectivity index (χ4n) is 4.63. The Morgan fingerprint density at radius 2 is 1.43 bits per heavy atom. The molecule has 0 spiro atoms. The highest BCUT2D eigenvalue weighted by atomic mass is 16.1. The number of rotatable bonds is 6. The third-order valence-electron chi connectivity index (χ3n) is 6.70. The summed E-state index contributed by atoms with van der Waals surface area (Å²) in [7, 11) is 0. The Kier molecular flexibility index (Phi) is 6.21. The van der Waals surface area contributed by atoms with Crippen LogP contribution in [0.15, 0.2) is 91.9 Å². The molecule has 0 radical (unpaired) electrons. The van der Waals surface area contributed by atoms with E-state index in [1.54, 1.807) is 12.4 Å². The minimum Gasteiger partial charge on any atom is -0.368 e. The van der Waals surface area contributed by atoms with Crippen molar-refractivity contribution >= 4 is 28.3 Å². The van der Waals surface area contributed by atoms with Crippen LogP contribution in [0.1, 0.15) is 15.9 Å². The fraction of sp³-hybridized carbons (Fsp3) is 0.172. The van der Waals surface area contributed by atoms with E-state index >= 15 is 0 Å². The minimum absolute atomic E-state index is 0.00321. The van der Waals surface area contributed by atoms with Crippen LogP contribution in [-0.4, -0.2) is 56.9 Å². The van der Waals surface area contributed by atoms with Crippen molar-refractivity contribution in [2.75, 3.05) is 36.0 Å². The molecule has 0 amide bonds. The predicted octanol–water partition coefficient (Wildman–Crippen LogP) is 4.23. The van der Waals surface area contributed by atoms with E-state index in [2.05, 4.69) is 54.0 Å². The third kappa shape index (κ3) is 4.99. The molecule has 0 saturated carbocycles. The van der Waals surface area contributed by atoms with Gasteiger partial charge in [-0.2, -0.15) is 0 Å². The summed E-state index contributed by atoms with van der Waals surface area (Å²) in [6, 6.07) is 18.3. The fourth-order valence-corrected chi connectivity index (χ4v) is 4.63. The predicted molar refractivity (Wildman–Crippen MR) is 144 cm³/mol. The number of fused-ring (bicyclic) bond motifs is 1. The Hall–Kier alpha value is -4.72. The second kappa shape index (κ2) is 10.1. The average Bonchev–Trinajstić information content (AvgIpc) is 2.98. The van der Waals surface area contributed by atoms with E-state index in [4.69, 9.17) is 4.98 Å². The molecule has 0 unspecified atom stereocenters. The van der Waals surface area contributed by atoms with Crippen LogP contribution in [0.25, 0.3) is 22.2 Å². The van der Waals surface area contributed by atoms with Crippen LogP contribution in [-0.2, 0) is 6.42 Å². The number of nitrogens with zero attached hydrogens (tertiary/aromatic N) is 7. The van der Waals surface area contributed by atoms with Crippen molar-refractivity contribution in [1.29, 1.82) is 0 Å². The number of aromatic nitrogens is 5. The van der Waals surface area contributed by atoms with Crippen LogP contribution in [0.4, 0.5) is 11.5 Å². The number of hydrogen-bond donors (Lipinski definition) is 0. The van der Waals surface area contributed by atoms with E-state index < -0.39 is 0 Å². The maximum absolute atomic E-state index is 12.5. The van der Waals surface area contributed by atoms with Gasteiger partial charge in [-0.25, -0.2) is 15.0 Å². The maximum atomic E-state index is 12.5. The van der Waals surface area contributed by atoms with Crippen LogP contribution in [0.5, 0.6) is 0 Å². The summed E-state index contributed by atoms with van der Waals surface area (Å²) < 4.78 is 0. The lowest BCUT2D eigenvalue weighted by atomic mass is 10.00. The molecule has 182 valence electrons. The first-order valence-corrected chi connectivity index (χ1v) is 12.3. The third-order valence-corrected chi connectivity index (χ3v) is 6.70. The number of anilines is 2. The summed E-state index contributed by atoms with van der Waals surface area (Å²) in [5.74, 6) is 0.904. The largest absolute Gasteiger partial charge is 0.368 e. The van der Waals surface area contributed by atoms with Gasteiger partial charge in [0.15, 0.2) is 5.78 Å². The molecular formula is C29H25N7O. The van der Waals surface area contributed by atoms with Crippen molar-refractivity contribution in [2.45, 2.75) is 6.42 Å². The topological polar surface area (TPSA) is 88.0 Å². The summed E-state index contributed by atoms with van der Waals surface area (Å²) >= 11 is 0. The number of carbonyl (C=O) groups excluding carboxylic acids is 1. The van der Waals surface area contributed by atoms with Crippen molar-refractivity contribution < 1.29 is 4.79 Å². The van der Waals surface area contributed by atoms with Gasteiger partial charge in [0.2, 0.25) is 0 Å². The Morgan fingerprint density at radius 3 is 2.19 bits per heavy atom. The second-order valence-electron chi connectivity index (χ2n) is 9.04. The smallest absolute Gasteiger partial charge is 0.170 e. The number of hydrogen-bond acceptors (Lipinski definition) is 8. The number of carbonyl (C=O) groups is 1. The first kappa shape index (κ1) is 22.7. The van der Waals surface area contributed by atoms with Crippen molar-refractivity contribution in [1.82, 2.24) is 24.9 Å². The Balaban J connectivity index is 1.16. The molecule has 0 atom stereocenters. The lowest BCUT2D eigenvalue weighted by Crippen LogP contribution is -2.46. The van der Waals surface area contributed by atoms with Gasteiger partial charge in [0.1, 0.15) is 12.1 Å². The zero-order chi connectivity index (χ0) is 25.0. The molecule has 8 heteroatoms. The molecule has 0 N–H and O–H groups in total. The number of pyridine rings is 1. The Labute approximate surface area is 214 Å². The Morgan fingerprint density at radius 1 is 0.730 bits per heavy atom. The lowest BCUT2D eigenvalue weighted by Gasteiger charge is -2.36. The molecule has 37 heavy (non-hydrogen) atoms. The molecule has 1 aliphatic heterocycles. The number of piperazine rings is 1. The number of benzene rings is 2. The van der Waals surface area contributed by atoms with Crippen molar-refractivity contribution in [3.8, 4) is 11.1 Å². The van der Waals surface area contributed by atoms with E-state index in [1.807, 2.05) is 48.9 Å². The van der Waals surface area contributed by atoms with E-state index in [9.17, 15) is 4.79 Å². The molecule has 1 aliphatic rings. The van der Waals surface area contributed by atoms with Gasteiger partial charge in [0, 0.05) is 63.1 Å². The molecule has 2 aromatic carbocycles. The van der Waals surface area contributed by atoms with Gasteiger partial charge in [0.25, 0.3) is 0 Å². The summed E-state index contributed by atoms with van der Waals surface area (Å²) in [4.78, 5) is 38.7. The van der Waals surface area contributed by atoms with Crippen LogP contribution in [0.2, 0.25) is 0 Å². The molecule has 8 nitrogen and oxygen atoms in total. The van der Waals surface area contributed by atoms with Crippen LogP contribution in [0, 0.1) is 0 Å². The summed E-state index contributed by atoms with van der Waals surface area (Å²) in [5.41, 5.74) is 6.55.